The molecule has 0 aliphatic rings. The fourth-order valence-electron chi connectivity index (χ4n) is 1.70. The first-order valence-electron chi connectivity index (χ1n) is 5.91. The maximum atomic E-state index is 12.1. The number of hydrogen-bond donors (Lipinski definition) is 2. The maximum absolute atomic E-state index is 12.1. The second-order valence-corrected chi connectivity index (χ2v) is 5.00. The fourth-order valence-corrected chi connectivity index (χ4v) is 2.11. The van der Waals surface area contributed by atoms with Gasteiger partial charge in [-0.25, -0.2) is 4.98 Å². The van der Waals surface area contributed by atoms with Gasteiger partial charge in [0.05, 0.1) is 11.9 Å². The molecule has 1 aromatic heterocycles. The van der Waals surface area contributed by atoms with Crippen molar-refractivity contribution in [3.63, 3.8) is 0 Å². The molecule has 0 aliphatic carbocycles. The van der Waals surface area contributed by atoms with Crippen LogP contribution in [0.3, 0.4) is 0 Å². The minimum absolute atomic E-state index is 0.239. The van der Waals surface area contributed by atoms with Gasteiger partial charge in [0.2, 0.25) is 0 Å². The van der Waals surface area contributed by atoms with Gasteiger partial charge in [0.15, 0.2) is 0 Å². The lowest BCUT2D eigenvalue weighted by Gasteiger charge is -2.10. The third-order valence-electron chi connectivity index (χ3n) is 2.72. The van der Waals surface area contributed by atoms with Crippen molar-refractivity contribution < 1.29 is 4.79 Å². The van der Waals surface area contributed by atoms with Gasteiger partial charge in [-0.05, 0) is 42.3 Å². The van der Waals surface area contributed by atoms with Crippen molar-refractivity contribution in [3.05, 3.63) is 52.3 Å². The van der Waals surface area contributed by atoms with E-state index in [9.17, 15) is 4.79 Å². The van der Waals surface area contributed by atoms with Crippen molar-refractivity contribution in [1.29, 1.82) is 0 Å². The minimum Gasteiger partial charge on any atom is -0.397 e. The molecule has 1 amide bonds. The first-order chi connectivity index (χ1) is 9.10. The van der Waals surface area contributed by atoms with Crippen molar-refractivity contribution in [2.75, 3.05) is 11.1 Å². The van der Waals surface area contributed by atoms with Crippen molar-refractivity contribution in [3.8, 4) is 0 Å². The summed E-state index contributed by atoms with van der Waals surface area (Å²) in [6, 6.07) is 9.02. The molecule has 0 unspecified atom stereocenters. The Kier molecular flexibility index (Phi) is 4.16. The van der Waals surface area contributed by atoms with Crippen LogP contribution in [0.2, 0.25) is 0 Å². The average molecular weight is 320 g/mol. The predicted molar refractivity (Wildman–Crippen MR) is 80.1 cm³/mol. The molecule has 0 radical (unpaired) electrons. The highest BCUT2D eigenvalue weighted by atomic mass is 79.9. The molecule has 2 rings (SSSR count). The molecule has 1 heterocycles. The van der Waals surface area contributed by atoms with Crippen LogP contribution >= 0.6 is 15.9 Å². The Bertz CT molecular complexity index is 596. The van der Waals surface area contributed by atoms with E-state index in [0.717, 1.165) is 22.1 Å². The number of anilines is 2. The molecule has 0 saturated heterocycles. The highest BCUT2D eigenvalue weighted by Gasteiger charge is 2.09. The van der Waals surface area contributed by atoms with Crippen LogP contribution in [-0.2, 0) is 6.42 Å². The van der Waals surface area contributed by atoms with Crippen molar-refractivity contribution in [2.24, 2.45) is 0 Å². The van der Waals surface area contributed by atoms with E-state index in [4.69, 9.17) is 5.73 Å². The van der Waals surface area contributed by atoms with Crippen LogP contribution in [0.5, 0.6) is 0 Å². The number of aromatic nitrogens is 1. The molecule has 0 aliphatic heterocycles. The molecular weight excluding hydrogens is 306 g/mol. The highest BCUT2D eigenvalue weighted by Crippen LogP contribution is 2.22. The number of halogens is 1. The van der Waals surface area contributed by atoms with Crippen LogP contribution in [0.1, 0.15) is 23.0 Å². The lowest BCUT2D eigenvalue weighted by Crippen LogP contribution is -2.14. The van der Waals surface area contributed by atoms with Gasteiger partial charge in [-0.3, -0.25) is 4.79 Å². The fraction of sp³-hybridized carbons (Fsp3) is 0.143. The summed E-state index contributed by atoms with van der Waals surface area (Å²) in [4.78, 5) is 16.1. The van der Waals surface area contributed by atoms with Gasteiger partial charge in [-0.15, -0.1) is 0 Å². The van der Waals surface area contributed by atoms with Crippen LogP contribution in [0.4, 0.5) is 11.4 Å². The third-order valence-corrected chi connectivity index (χ3v) is 3.21. The number of benzene rings is 1. The van der Waals surface area contributed by atoms with Crippen molar-refractivity contribution in [2.45, 2.75) is 13.3 Å². The number of hydrogen-bond acceptors (Lipinski definition) is 3. The molecule has 0 spiro atoms. The monoisotopic (exact) mass is 319 g/mol. The normalized spacial score (nSPS) is 10.2. The smallest absolute Gasteiger partial charge is 0.274 e. The Hall–Kier alpha value is -1.88. The Balaban J connectivity index is 2.21. The molecule has 4 nitrogen and oxygen atoms in total. The number of pyridine rings is 1. The number of nitrogens with one attached hydrogen (secondary N) is 1. The van der Waals surface area contributed by atoms with E-state index in [1.807, 2.05) is 25.1 Å². The maximum Gasteiger partial charge on any atom is 0.274 e. The summed E-state index contributed by atoms with van der Waals surface area (Å²) in [5.41, 5.74) is 8.29. The average Bonchev–Trinajstić information content (AvgIpc) is 2.41. The standard InChI is InChI=1S/C14H14BrN3O/c1-2-9-7-10(15)3-5-12(9)18-14(19)13-6-4-11(16)8-17-13/h3-8H,2,16H2,1H3,(H,18,19). The summed E-state index contributed by atoms with van der Waals surface area (Å²) in [5.74, 6) is -0.239. The van der Waals surface area contributed by atoms with Gasteiger partial charge in [-0.2, -0.15) is 0 Å². The van der Waals surface area contributed by atoms with Gasteiger partial charge >= 0.3 is 0 Å². The number of amides is 1. The largest absolute Gasteiger partial charge is 0.397 e. The van der Waals surface area contributed by atoms with Crippen LogP contribution in [0.15, 0.2) is 41.0 Å². The molecule has 2 aromatic rings. The van der Waals surface area contributed by atoms with Crippen LogP contribution in [0, 0.1) is 0 Å². The van der Waals surface area contributed by atoms with E-state index >= 15 is 0 Å². The summed E-state index contributed by atoms with van der Waals surface area (Å²) in [6.45, 7) is 2.04. The number of nitrogens with two attached hydrogens (primary N) is 1. The number of carbonyl (C=O) groups excluding carboxylic acids is 1. The number of aryl methyl sites for hydroxylation is 1. The second kappa shape index (κ2) is 5.84. The number of rotatable bonds is 3. The molecule has 0 saturated carbocycles. The van der Waals surface area contributed by atoms with Gasteiger partial charge in [0, 0.05) is 10.2 Å². The Labute approximate surface area is 120 Å². The van der Waals surface area contributed by atoms with Gasteiger partial charge in [0.25, 0.3) is 5.91 Å². The molecule has 0 fully saturated rings. The topological polar surface area (TPSA) is 68.0 Å². The Morgan fingerprint density at radius 3 is 2.79 bits per heavy atom. The number of nitrogens with zero attached hydrogens (tertiary/aromatic N) is 1. The minimum atomic E-state index is -0.239. The van der Waals surface area contributed by atoms with E-state index in [1.54, 1.807) is 12.1 Å². The van der Waals surface area contributed by atoms with E-state index in [2.05, 4.69) is 26.2 Å². The van der Waals surface area contributed by atoms with E-state index in [-0.39, 0.29) is 5.91 Å². The first kappa shape index (κ1) is 13.5. The molecule has 0 atom stereocenters. The van der Waals surface area contributed by atoms with E-state index in [0.29, 0.717) is 11.4 Å². The quantitative estimate of drug-likeness (QED) is 0.912. The zero-order chi connectivity index (χ0) is 13.8. The molecule has 3 N–H and O–H groups in total. The predicted octanol–water partition coefficient (Wildman–Crippen LogP) is 3.24. The molecule has 5 heteroatoms. The SMILES string of the molecule is CCc1cc(Br)ccc1NC(=O)c1ccc(N)cn1. The molecule has 98 valence electrons. The van der Waals surface area contributed by atoms with E-state index in [1.165, 1.54) is 6.20 Å². The third kappa shape index (κ3) is 3.32. The number of carbonyl (C=O) groups is 1. The van der Waals surface area contributed by atoms with Crippen LogP contribution < -0.4 is 11.1 Å². The molecule has 1 aromatic carbocycles. The first-order valence-corrected chi connectivity index (χ1v) is 6.70. The Morgan fingerprint density at radius 1 is 1.37 bits per heavy atom. The van der Waals surface area contributed by atoms with Crippen molar-refractivity contribution >= 4 is 33.2 Å². The van der Waals surface area contributed by atoms with E-state index < -0.39 is 0 Å². The summed E-state index contributed by atoms with van der Waals surface area (Å²) < 4.78 is 0.993. The molecule has 19 heavy (non-hydrogen) atoms. The lowest BCUT2D eigenvalue weighted by molar-refractivity contribution is 0.102. The van der Waals surface area contributed by atoms with Gasteiger partial charge in [0.1, 0.15) is 5.69 Å². The highest BCUT2D eigenvalue weighted by molar-refractivity contribution is 9.10. The van der Waals surface area contributed by atoms with Crippen molar-refractivity contribution in [1.82, 2.24) is 4.98 Å². The Morgan fingerprint density at radius 2 is 2.16 bits per heavy atom. The van der Waals surface area contributed by atoms with Crippen LogP contribution in [0.25, 0.3) is 0 Å². The summed E-state index contributed by atoms with van der Waals surface area (Å²) in [7, 11) is 0. The summed E-state index contributed by atoms with van der Waals surface area (Å²) in [5, 5.41) is 2.86. The van der Waals surface area contributed by atoms with Gasteiger partial charge in [-0.1, -0.05) is 22.9 Å². The molecular formula is C14H14BrN3O. The second-order valence-electron chi connectivity index (χ2n) is 4.09. The zero-order valence-corrected chi connectivity index (χ0v) is 12.1. The zero-order valence-electron chi connectivity index (χ0n) is 10.5. The summed E-state index contributed by atoms with van der Waals surface area (Å²) >= 11 is 3.42. The lowest BCUT2D eigenvalue weighted by atomic mass is 10.1. The van der Waals surface area contributed by atoms with Gasteiger partial charge < -0.3 is 11.1 Å². The molecule has 0 bridgehead atoms. The van der Waals surface area contributed by atoms with Crippen LogP contribution in [-0.4, -0.2) is 10.9 Å². The number of nitrogen functional groups attached to an aromatic ring is 1. The summed E-state index contributed by atoms with van der Waals surface area (Å²) in [6.07, 6.45) is 2.31.